The molecule has 0 atom stereocenters. The Labute approximate surface area is 115 Å². The molecule has 0 aliphatic carbocycles. The summed E-state index contributed by atoms with van der Waals surface area (Å²) in [6.45, 7) is 1.03. The van der Waals surface area contributed by atoms with Crippen LogP contribution in [0, 0.1) is 0 Å². The summed E-state index contributed by atoms with van der Waals surface area (Å²) in [5.41, 5.74) is 6.85. The molecule has 1 aromatic heterocycles. The van der Waals surface area contributed by atoms with E-state index in [9.17, 15) is 4.79 Å². The summed E-state index contributed by atoms with van der Waals surface area (Å²) in [6, 6.07) is 8.52. The van der Waals surface area contributed by atoms with E-state index in [4.69, 9.17) is 15.2 Å². The second-order valence-corrected chi connectivity index (χ2v) is 4.25. The number of nitrogens with two attached hydrogens (primary N) is 1. The van der Waals surface area contributed by atoms with Crippen molar-refractivity contribution in [2.45, 2.75) is 0 Å². The van der Waals surface area contributed by atoms with Crippen LogP contribution in [0.4, 0.5) is 11.4 Å². The molecule has 0 bridgehead atoms. The Hall–Kier alpha value is -2.76. The number of nitrogens with one attached hydrogen (secondary N) is 1. The highest BCUT2D eigenvalue weighted by Crippen LogP contribution is 2.32. The van der Waals surface area contributed by atoms with Crippen LogP contribution in [0.1, 0.15) is 10.5 Å². The van der Waals surface area contributed by atoms with Crippen LogP contribution in [-0.4, -0.2) is 24.1 Å². The number of hydrogen-bond acceptors (Lipinski definition) is 5. The van der Waals surface area contributed by atoms with Crippen LogP contribution in [0.3, 0.4) is 0 Å². The molecule has 3 N–H and O–H groups in total. The van der Waals surface area contributed by atoms with Gasteiger partial charge in [0.15, 0.2) is 17.2 Å². The summed E-state index contributed by atoms with van der Waals surface area (Å²) >= 11 is 0. The quantitative estimate of drug-likeness (QED) is 0.868. The maximum atomic E-state index is 12.1. The Bertz CT molecular complexity index is 658. The van der Waals surface area contributed by atoms with E-state index in [1.807, 2.05) is 0 Å². The van der Waals surface area contributed by atoms with Crippen LogP contribution in [-0.2, 0) is 0 Å². The topological polar surface area (TPSA) is 86.5 Å². The van der Waals surface area contributed by atoms with Gasteiger partial charge >= 0.3 is 0 Å². The lowest BCUT2D eigenvalue weighted by molar-refractivity contribution is 0.102. The fourth-order valence-electron chi connectivity index (χ4n) is 1.92. The van der Waals surface area contributed by atoms with Crippen molar-refractivity contribution in [2.24, 2.45) is 0 Å². The lowest BCUT2D eigenvalue weighted by atomic mass is 10.2. The molecule has 102 valence electrons. The van der Waals surface area contributed by atoms with Crippen LogP contribution >= 0.6 is 0 Å². The van der Waals surface area contributed by atoms with Gasteiger partial charge in [-0.2, -0.15) is 0 Å². The first-order valence-corrected chi connectivity index (χ1v) is 6.15. The molecule has 2 aromatic rings. The highest BCUT2D eigenvalue weighted by molar-refractivity contribution is 6.06. The molecule has 3 rings (SSSR count). The smallest absolute Gasteiger partial charge is 0.276 e. The third-order valence-corrected chi connectivity index (χ3v) is 2.85. The first kappa shape index (κ1) is 12.3. The SMILES string of the molecule is Nc1cccnc1C(=O)Nc1ccc2c(c1)OCCO2. The number of carbonyl (C=O) groups is 1. The second kappa shape index (κ2) is 5.08. The molecule has 0 unspecified atom stereocenters. The van der Waals surface area contributed by atoms with Crippen LogP contribution in [0.5, 0.6) is 11.5 Å². The zero-order valence-corrected chi connectivity index (χ0v) is 10.6. The number of nitrogens with zero attached hydrogens (tertiary/aromatic N) is 1. The number of pyridine rings is 1. The minimum atomic E-state index is -0.361. The van der Waals surface area contributed by atoms with Crippen molar-refractivity contribution in [3.63, 3.8) is 0 Å². The summed E-state index contributed by atoms with van der Waals surface area (Å²) in [5.74, 6) is 0.925. The average molecular weight is 271 g/mol. The summed E-state index contributed by atoms with van der Waals surface area (Å²) < 4.78 is 10.9. The van der Waals surface area contributed by atoms with Crippen molar-refractivity contribution < 1.29 is 14.3 Å². The average Bonchev–Trinajstić information content (AvgIpc) is 2.47. The number of benzene rings is 1. The number of carbonyl (C=O) groups excluding carboxylic acids is 1. The van der Waals surface area contributed by atoms with Crippen LogP contribution in [0.2, 0.25) is 0 Å². The van der Waals surface area contributed by atoms with E-state index in [-0.39, 0.29) is 11.6 Å². The Morgan fingerprint density at radius 3 is 2.80 bits per heavy atom. The van der Waals surface area contributed by atoms with Crippen LogP contribution in [0.25, 0.3) is 0 Å². The highest BCUT2D eigenvalue weighted by atomic mass is 16.6. The third-order valence-electron chi connectivity index (χ3n) is 2.85. The van der Waals surface area contributed by atoms with Crippen molar-refractivity contribution in [1.82, 2.24) is 4.98 Å². The van der Waals surface area contributed by atoms with Gasteiger partial charge in [-0.3, -0.25) is 4.79 Å². The number of nitrogen functional groups attached to an aromatic ring is 1. The number of rotatable bonds is 2. The molecule has 6 heteroatoms. The molecule has 0 fully saturated rings. The van der Waals surface area contributed by atoms with Gasteiger partial charge in [0.05, 0.1) is 5.69 Å². The van der Waals surface area contributed by atoms with Crippen molar-refractivity contribution in [1.29, 1.82) is 0 Å². The Morgan fingerprint density at radius 2 is 2.00 bits per heavy atom. The van der Waals surface area contributed by atoms with E-state index in [1.165, 1.54) is 6.20 Å². The number of ether oxygens (including phenoxy) is 2. The van der Waals surface area contributed by atoms with E-state index in [1.54, 1.807) is 30.3 Å². The monoisotopic (exact) mass is 271 g/mol. The van der Waals surface area contributed by atoms with Gasteiger partial charge < -0.3 is 20.5 Å². The Balaban J connectivity index is 1.81. The van der Waals surface area contributed by atoms with Gasteiger partial charge in [0.1, 0.15) is 13.2 Å². The maximum absolute atomic E-state index is 12.1. The molecule has 0 spiro atoms. The van der Waals surface area contributed by atoms with Gasteiger partial charge in [-0.25, -0.2) is 4.98 Å². The number of hydrogen-bond donors (Lipinski definition) is 2. The van der Waals surface area contributed by atoms with E-state index >= 15 is 0 Å². The molecule has 0 radical (unpaired) electrons. The van der Waals surface area contributed by atoms with Crippen LogP contribution in [0.15, 0.2) is 36.5 Å². The molecule has 20 heavy (non-hydrogen) atoms. The van der Waals surface area contributed by atoms with E-state index in [0.717, 1.165) is 0 Å². The zero-order valence-electron chi connectivity index (χ0n) is 10.6. The molecular formula is C14H13N3O3. The Kier molecular flexibility index (Phi) is 3.12. The highest BCUT2D eigenvalue weighted by Gasteiger charge is 2.15. The number of anilines is 2. The molecule has 0 saturated carbocycles. The molecule has 2 heterocycles. The lowest BCUT2D eigenvalue weighted by Gasteiger charge is -2.19. The summed E-state index contributed by atoms with van der Waals surface area (Å²) in [5, 5.41) is 2.73. The van der Waals surface area contributed by atoms with Crippen molar-refractivity contribution in [3.8, 4) is 11.5 Å². The molecule has 1 aromatic carbocycles. The standard InChI is InChI=1S/C14H13N3O3/c15-10-2-1-5-16-13(10)14(18)17-9-3-4-11-12(8-9)20-7-6-19-11/h1-5,8H,6-7,15H2,(H,17,18). The minimum absolute atomic E-state index is 0.197. The van der Waals surface area contributed by atoms with E-state index in [0.29, 0.717) is 36.1 Å². The molecule has 0 saturated heterocycles. The van der Waals surface area contributed by atoms with Gasteiger partial charge in [-0.1, -0.05) is 0 Å². The molecule has 6 nitrogen and oxygen atoms in total. The first-order chi connectivity index (χ1) is 9.74. The molecular weight excluding hydrogens is 258 g/mol. The van der Waals surface area contributed by atoms with E-state index in [2.05, 4.69) is 10.3 Å². The predicted molar refractivity (Wildman–Crippen MR) is 74.0 cm³/mol. The molecule has 1 aliphatic heterocycles. The van der Waals surface area contributed by atoms with Crippen molar-refractivity contribution >= 4 is 17.3 Å². The maximum Gasteiger partial charge on any atom is 0.276 e. The Morgan fingerprint density at radius 1 is 1.20 bits per heavy atom. The summed E-state index contributed by atoms with van der Waals surface area (Å²) in [4.78, 5) is 16.0. The zero-order chi connectivity index (χ0) is 13.9. The first-order valence-electron chi connectivity index (χ1n) is 6.15. The molecule has 1 amide bonds. The summed E-state index contributed by atoms with van der Waals surface area (Å²) in [7, 11) is 0. The van der Waals surface area contributed by atoms with Gasteiger partial charge in [0.2, 0.25) is 0 Å². The van der Waals surface area contributed by atoms with Crippen LogP contribution < -0.4 is 20.5 Å². The fraction of sp³-hybridized carbons (Fsp3) is 0.143. The predicted octanol–water partition coefficient (Wildman–Crippen LogP) is 1.69. The van der Waals surface area contributed by atoms with Crippen molar-refractivity contribution in [3.05, 3.63) is 42.2 Å². The number of fused-ring (bicyclic) bond motifs is 1. The second-order valence-electron chi connectivity index (χ2n) is 4.25. The van der Waals surface area contributed by atoms with Gasteiger partial charge in [0.25, 0.3) is 5.91 Å². The third kappa shape index (κ3) is 2.35. The molecule has 1 aliphatic rings. The van der Waals surface area contributed by atoms with Crippen molar-refractivity contribution in [2.75, 3.05) is 24.3 Å². The van der Waals surface area contributed by atoms with Gasteiger partial charge in [-0.15, -0.1) is 0 Å². The number of aromatic nitrogens is 1. The summed E-state index contributed by atoms with van der Waals surface area (Å²) in [6.07, 6.45) is 1.52. The van der Waals surface area contributed by atoms with E-state index < -0.39 is 0 Å². The van der Waals surface area contributed by atoms with Gasteiger partial charge in [-0.05, 0) is 24.3 Å². The largest absolute Gasteiger partial charge is 0.486 e. The fourth-order valence-corrected chi connectivity index (χ4v) is 1.92. The minimum Gasteiger partial charge on any atom is -0.486 e. The number of amides is 1. The lowest BCUT2D eigenvalue weighted by Crippen LogP contribution is -2.17. The normalized spacial score (nSPS) is 12.8. The van der Waals surface area contributed by atoms with Gasteiger partial charge in [0, 0.05) is 18.0 Å².